The van der Waals surface area contributed by atoms with Crippen molar-refractivity contribution < 1.29 is 39.5 Å². The number of aliphatic carboxylic acids is 1. The van der Waals surface area contributed by atoms with Crippen molar-refractivity contribution in [3.05, 3.63) is 0 Å². The van der Waals surface area contributed by atoms with E-state index in [0.717, 1.165) is 5.88 Å². The molecule has 9 heavy (non-hydrogen) atoms. The molecule has 3 nitrogen and oxygen atoms in total. The second-order valence-electron chi connectivity index (χ2n) is 1.59. The summed E-state index contributed by atoms with van der Waals surface area (Å²) in [4.78, 5) is 10.0. The van der Waals surface area contributed by atoms with Gasteiger partial charge in [0.2, 0.25) is 0 Å². The predicted octanol–water partition coefficient (Wildman–Crippen LogP) is -4.60. The number of thioether (sulfide) groups is 1. The molecule has 0 radical (unpaired) electrons. The van der Waals surface area contributed by atoms with Crippen molar-refractivity contribution in [2.75, 3.05) is 11.6 Å². The van der Waals surface area contributed by atoms with Crippen molar-refractivity contribution in [2.45, 2.75) is 6.04 Å². The van der Waals surface area contributed by atoms with Gasteiger partial charge in [0.15, 0.2) is 0 Å². The molecule has 0 spiro atoms. The Morgan fingerprint density at radius 1 is 1.78 bits per heavy atom. The van der Waals surface area contributed by atoms with Gasteiger partial charge in [0.05, 0.1) is 12.0 Å². The molecule has 1 heterocycles. The van der Waals surface area contributed by atoms with Crippen LogP contribution in [0.1, 0.15) is 0 Å². The number of nitrogens with one attached hydrogen (secondary N) is 1. The van der Waals surface area contributed by atoms with Crippen LogP contribution in [0.4, 0.5) is 0 Å². The Labute approximate surface area is 79.9 Å². The van der Waals surface area contributed by atoms with Crippen molar-refractivity contribution in [3.63, 3.8) is 0 Å². The molecule has 46 valence electrons. The summed E-state index contributed by atoms with van der Waals surface area (Å²) >= 11 is 1.58. The van der Waals surface area contributed by atoms with Gasteiger partial charge in [-0.2, -0.15) is 0 Å². The first-order chi connectivity index (χ1) is 3.80. The Bertz CT molecular complexity index is 105. The summed E-state index contributed by atoms with van der Waals surface area (Å²) in [6.07, 6.45) is 0. The molecule has 0 aromatic heterocycles. The SMILES string of the molecule is O=C([O-])C1CSCN1.[Na+]. The van der Waals surface area contributed by atoms with E-state index < -0.39 is 12.0 Å². The fourth-order valence-corrected chi connectivity index (χ4v) is 1.47. The summed E-state index contributed by atoms with van der Waals surface area (Å²) in [5, 5.41) is 12.8. The molecule has 5 heteroatoms. The van der Waals surface area contributed by atoms with E-state index in [1.807, 2.05) is 0 Å². The van der Waals surface area contributed by atoms with Gasteiger partial charge in [0, 0.05) is 11.6 Å². The molecule has 1 saturated heterocycles. The molecule has 1 N–H and O–H groups in total. The van der Waals surface area contributed by atoms with Gasteiger partial charge in [-0.15, -0.1) is 11.8 Å². The second-order valence-corrected chi connectivity index (χ2v) is 2.62. The maximum absolute atomic E-state index is 10.0. The zero-order valence-electron chi connectivity index (χ0n) is 5.22. The first-order valence-corrected chi connectivity index (χ1v) is 3.48. The summed E-state index contributed by atoms with van der Waals surface area (Å²) in [6, 6.07) is -0.417. The van der Waals surface area contributed by atoms with Crippen LogP contribution in [0.25, 0.3) is 0 Å². The minimum absolute atomic E-state index is 0. The van der Waals surface area contributed by atoms with E-state index in [1.54, 1.807) is 11.8 Å². The molecule has 1 unspecified atom stereocenters. The van der Waals surface area contributed by atoms with Crippen LogP contribution in [0.5, 0.6) is 0 Å². The number of carboxylic acid groups (broad SMARTS) is 1. The Morgan fingerprint density at radius 2 is 2.44 bits per heavy atom. The van der Waals surface area contributed by atoms with E-state index in [9.17, 15) is 9.90 Å². The maximum atomic E-state index is 10.0. The molecular formula is C4H6NNaO2S. The quantitative estimate of drug-likeness (QED) is 0.387. The Hall–Kier alpha value is 0.780. The Kier molecular flexibility index (Phi) is 4.97. The predicted molar refractivity (Wildman–Crippen MR) is 29.3 cm³/mol. The van der Waals surface area contributed by atoms with Crippen molar-refractivity contribution in [2.24, 2.45) is 0 Å². The summed E-state index contributed by atoms with van der Waals surface area (Å²) in [5.41, 5.74) is 0. The minimum Gasteiger partial charge on any atom is -0.548 e. The number of carbonyl (C=O) groups is 1. The van der Waals surface area contributed by atoms with Crippen LogP contribution in [0.15, 0.2) is 0 Å². The van der Waals surface area contributed by atoms with Gasteiger partial charge >= 0.3 is 29.6 Å². The molecule has 1 aliphatic rings. The molecule has 0 aliphatic carbocycles. The van der Waals surface area contributed by atoms with Gasteiger partial charge in [-0.3, -0.25) is 5.32 Å². The smallest absolute Gasteiger partial charge is 0.548 e. The van der Waals surface area contributed by atoms with E-state index in [0.29, 0.717) is 5.75 Å². The van der Waals surface area contributed by atoms with Crippen LogP contribution >= 0.6 is 11.8 Å². The van der Waals surface area contributed by atoms with Crippen molar-refractivity contribution in [3.8, 4) is 0 Å². The molecule has 1 atom stereocenters. The molecule has 1 aliphatic heterocycles. The molecule has 1 fully saturated rings. The fourth-order valence-electron chi connectivity index (χ4n) is 0.547. The van der Waals surface area contributed by atoms with E-state index in [-0.39, 0.29) is 29.6 Å². The third kappa shape index (κ3) is 2.91. The van der Waals surface area contributed by atoms with E-state index in [2.05, 4.69) is 5.32 Å². The number of carbonyl (C=O) groups excluding carboxylic acids is 1. The van der Waals surface area contributed by atoms with Crippen LogP contribution in [-0.2, 0) is 4.79 Å². The zero-order chi connectivity index (χ0) is 5.98. The van der Waals surface area contributed by atoms with Crippen LogP contribution in [0, 0.1) is 0 Å². The average Bonchev–Trinajstić information content (AvgIpc) is 2.12. The molecular weight excluding hydrogens is 149 g/mol. The topological polar surface area (TPSA) is 52.2 Å². The number of hydrogen-bond acceptors (Lipinski definition) is 4. The van der Waals surface area contributed by atoms with Crippen molar-refractivity contribution >= 4 is 17.7 Å². The molecule has 0 amide bonds. The Balaban J connectivity index is 0.000000640. The van der Waals surface area contributed by atoms with E-state index in [4.69, 9.17) is 0 Å². The average molecular weight is 155 g/mol. The van der Waals surface area contributed by atoms with Crippen LogP contribution in [0.2, 0.25) is 0 Å². The van der Waals surface area contributed by atoms with Gasteiger partial charge in [-0.05, 0) is 0 Å². The monoisotopic (exact) mass is 155 g/mol. The van der Waals surface area contributed by atoms with Gasteiger partial charge in [-0.25, -0.2) is 0 Å². The third-order valence-electron chi connectivity index (χ3n) is 1.00. The third-order valence-corrected chi connectivity index (χ3v) is 1.94. The van der Waals surface area contributed by atoms with E-state index in [1.165, 1.54) is 0 Å². The summed E-state index contributed by atoms with van der Waals surface area (Å²) < 4.78 is 0. The summed E-state index contributed by atoms with van der Waals surface area (Å²) in [6.45, 7) is 0. The van der Waals surface area contributed by atoms with Crippen LogP contribution in [-0.4, -0.2) is 23.6 Å². The molecule has 0 aromatic rings. The number of hydrogen-bond donors (Lipinski definition) is 1. The van der Waals surface area contributed by atoms with Gasteiger partial charge < -0.3 is 9.90 Å². The summed E-state index contributed by atoms with van der Waals surface area (Å²) in [7, 11) is 0. The van der Waals surface area contributed by atoms with Crippen molar-refractivity contribution in [1.29, 1.82) is 0 Å². The summed E-state index contributed by atoms with van der Waals surface area (Å²) in [5.74, 6) is 0.385. The largest absolute Gasteiger partial charge is 1.00 e. The van der Waals surface area contributed by atoms with Gasteiger partial charge in [0.1, 0.15) is 0 Å². The fraction of sp³-hybridized carbons (Fsp3) is 0.750. The molecule has 1 rings (SSSR count). The maximum Gasteiger partial charge on any atom is 1.00 e. The number of rotatable bonds is 1. The van der Waals surface area contributed by atoms with Crippen LogP contribution in [0.3, 0.4) is 0 Å². The zero-order valence-corrected chi connectivity index (χ0v) is 8.03. The van der Waals surface area contributed by atoms with Crippen molar-refractivity contribution in [1.82, 2.24) is 5.32 Å². The Morgan fingerprint density at radius 3 is 2.67 bits per heavy atom. The van der Waals surface area contributed by atoms with Gasteiger partial charge in [-0.1, -0.05) is 0 Å². The second kappa shape index (κ2) is 4.57. The first-order valence-electron chi connectivity index (χ1n) is 2.32. The minimum atomic E-state index is -0.991. The van der Waals surface area contributed by atoms with Gasteiger partial charge in [0.25, 0.3) is 0 Å². The van der Waals surface area contributed by atoms with Crippen LogP contribution < -0.4 is 40.0 Å². The standard InChI is InChI=1S/C4H7NO2S.Na/c6-4(7)3-1-8-2-5-3;/h3,5H,1-2H2,(H,6,7);/q;+1/p-1. The number of carboxylic acids is 1. The van der Waals surface area contributed by atoms with E-state index >= 15 is 0 Å². The molecule has 0 aromatic carbocycles. The first kappa shape index (κ1) is 9.78. The molecule has 0 saturated carbocycles. The normalized spacial score (nSPS) is 25.1. The molecule has 0 bridgehead atoms.